The first-order chi connectivity index (χ1) is 10.5. The van der Waals surface area contributed by atoms with Crippen LogP contribution in [0.5, 0.6) is 11.5 Å². The zero-order chi connectivity index (χ0) is 15.5. The van der Waals surface area contributed by atoms with Crippen LogP contribution in [-0.2, 0) is 4.79 Å². The van der Waals surface area contributed by atoms with Crippen molar-refractivity contribution in [2.24, 2.45) is 17.3 Å². The van der Waals surface area contributed by atoms with Gasteiger partial charge >= 0.3 is 0 Å². The summed E-state index contributed by atoms with van der Waals surface area (Å²) < 4.78 is 6.14. The van der Waals surface area contributed by atoms with E-state index in [1.165, 1.54) is 5.56 Å². The minimum Gasteiger partial charge on any atom is -0.508 e. The maximum absolute atomic E-state index is 12.5. The highest BCUT2D eigenvalue weighted by Gasteiger charge is 2.55. The second kappa shape index (κ2) is 4.74. The normalized spacial score (nSPS) is 40.2. The van der Waals surface area contributed by atoms with Gasteiger partial charge in [0.05, 0.1) is 6.10 Å². The van der Waals surface area contributed by atoms with E-state index in [9.17, 15) is 9.90 Å². The summed E-state index contributed by atoms with van der Waals surface area (Å²) >= 11 is 0. The molecular weight excluding hydrogens is 276 g/mol. The zero-order valence-corrected chi connectivity index (χ0v) is 13.3. The van der Waals surface area contributed by atoms with Crippen LogP contribution in [0.4, 0.5) is 0 Å². The Morgan fingerprint density at radius 2 is 2.14 bits per heavy atom. The van der Waals surface area contributed by atoms with Gasteiger partial charge in [0.15, 0.2) is 0 Å². The number of rotatable bonds is 0. The summed E-state index contributed by atoms with van der Waals surface area (Å²) in [4.78, 5) is 12.5. The summed E-state index contributed by atoms with van der Waals surface area (Å²) in [5.74, 6) is 2.87. The monoisotopic (exact) mass is 300 g/mol. The van der Waals surface area contributed by atoms with Crippen molar-refractivity contribution in [3.05, 3.63) is 23.8 Å². The molecule has 2 aliphatic carbocycles. The molecule has 0 aromatic heterocycles. The topological polar surface area (TPSA) is 46.5 Å². The van der Waals surface area contributed by atoms with Crippen LogP contribution in [0.3, 0.4) is 0 Å². The van der Waals surface area contributed by atoms with E-state index in [1.807, 2.05) is 6.07 Å². The number of Topliss-reactive ketones (excluding diaryl/α,β-unsaturated/α-hetero) is 1. The lowest BCUT2D eigenvalue weighted by Crippen LogP contribution is -2.53. The van der Waals surface area contributed by atoms with Gasteiger partial charge in [-0.3, -0.25) is 4.79 Å². The van der Waals surface area contributed by atoms with Gasteiger partial charge in [-0.1, -0.05) is 13.0 Å². The summed E-state index contributed by atoms with van der Waals surface area (Å²) in [7, 11) is 0. The Morgan fingerprint density at radius 1 is 1.32 bits per heavy atom. The predicted molar refractivity (Wildman–Crippen MR) is 84.1 cm³/mol. The molecule has 0 amide bonds. The van der Waals surface area contributed by atoms with Crippen molar-refractivity contribution in [3.63, 3.8) is 0 Å². The number of carbonyl (C=O) groups is 1. The summed E-state index contributed by atoms with van der Waals surface area (Å²) in [5, 5.41) is 9.71. The highest BCUT2D eigenvalue weighted by atomic mass is 16.5. The lowest BCUT2D eigenvalue weighted by atomic mass is 9.51. The van der Waals surface area contributed by atoms with Crippen LogP contribution in [0.15, 0.2) is 18.2 Å². The SMILES string of the molecule is CC1Oc2cc(O)ccc2[C@H]2CC[C@]3(C)C(=O)CCC[C@H]3[C@@H]12. The van der Waals surface area contributed by atoms with Gasteiger partial charge in [-0.2, -0.15) is 0 Å². The molecule has 1 aromatic rings. The molecule has 1 heterocycles. The number of carbonyl (C=O) groups excluding carboxylic acids is 1. The number of hydrogen-bond donors (Lipinski definition) is 1. The third-order valence-corrected chi connectivity index (χ3v) is 6.53. The summed E-state index contributed by atoms with van der Waals surface area (Å²) in [5.41, 5.74) is 1.08. The molecule has 2 fully saturated rings. The van der Waals surface area contributed by atoms with Crippen molar-refractivity contribution in [3.8, 4) is 11.5 Å². The fraction of sp³-hybridized carbons (Fsp3) is 0.632. The molecule has 1 unspecified atom stereocenters. The zero-order valence-electron chi connectivity index (χ0n) is 13.3. The molecule has 3 nitrogen and oxygen atoms in total. The molecule has 1 aliphatic heterocycles. The van der Waals surface area contributed by atoms with E-state index in [2.05, 4.69) is 13.8 Å². The maximum atomic E-state index is 12.5. The van der Waals surface area contributed by atoms with E-state index in [-0.39, 0.29) is 17.3 Å². The number of phenols is 1. The van der Waals surface area contributed by atoms with Crippen molar-refractivity contribution in [2.75, 3.05) is 0 Å². The average molecular weight is 300 g/mol. The Morgan fingerprint density at radius 3 is 2.95 bits per heavy atom. The van der Waals surface area contributed by atoms with Crippen molar-refractivity contribution < 1.29 is 14.6 Å². The Labute approximate surface area is 131 Å². The Balaban J connectivity index is 1.76. The molecule has 3 heteroatoms. The summed E-state index contributed by atoms with van der Waals surface area (Å²) in [6.45, 7) is 4.32. The number of benzene rings is 1. The number of aromatic hydroxyl groups is 1. The molecule has 22 heavy (non-hydrogen) atoms. The van der Waals surface area contributed by atoms with E-state index in [0.717, 1.165) is 37.9 Å². The number of ether oxygens (including phenoxy) is 1. The molecule has 0 spiro atoms. The first-order valence-electron chi connectivity index (χ1n) is 8.53. The van der Waals surface area contributed by atoms with Crippen LogP contribution >= 0.6 is 0 Å². The molecule has 0 bridgehead atoms. The van der Waals surface area contributed by atoms with Crippen LogP contribution in [0, 0.1) is 17.3 Å². The molecule has 3 aliphatic rings. The lowest BCUT2D eigenvalue weighted by molar-refractivity contribution is -0.143. The molecule has 0 radical (unpaired) electrons. The van der Waals surface area contributed by atoms with Crippen molar-refractivity contribution in [1.82, 2.24) is 0 Å². The third kappa shape index (κ3) is 1.84. The standard InChI is InChI=1S/C19H24O3/c1-11-18-14(13-7-6-12(20)10-16(13)22-11)8-9-19(2)15(18)4-3-5-17(19)21/h6-7,10-11,14-15,18,20H,3-5,8-9H2,1-2H3/t11?,14-,15+,18+,19+/m1/s1. The molecule has 2 saturated carbocycles. The molecule has 118 valence electrons. The van der Waals surface area contributed by atoms with Gasteiger partial charge in [-0.25, -0.2) is 0 Å². The minimum absolute atomic E-state index is 0.106. The highest BCUT2D eigenvalue weighted by Crippen LogP contribution is 2.59. The van der Waals surface area contributed by atoms with Crippen LogP contribution in [0.1, 0.15) is 57.4 Å². The van der Waals surface area contributed by atoms with E-state index in [0.29, 0.717) is 23.5 Å². The first kappa shape index (κ1) is 14.1. The van der Waals surface area contributed by atoms with E-state index in [4.69, 9.17) is 4.74 Å². The van der Waals surface area contributed by atoms with Gasteiger partial charge in [-0.05, 0) is 56.1 Å². The van der Waals surface area contributed by atoms with Gasteiger partial charge < -0.3 is 9.84 Å². The highest BCUT2D eigenvalue weighted by molar-refractivity contribution is 5.85. The largest absolute Gasteiger partial charge is 0.508 e. The van der Waals surface area contributed by atoms with Gasteiger partial charge in [0.25, 0.3) is 0 Å². The van der Waals surface area contributed by atoms with Crippen molar-refractivity contribution >= 4 is 5.78 Å². The molecular formula is C19H24O3. The Kier molecular flexibility index (Phi) is 3.04. The second-order valence-corrected chi connectivity index (χ2v) is 7.61. The number of fused-ring (bicyclic) bond motifs is 5. The van der Waals surface area contributed by atoms with E-state index in [1.54, 1.807) is 12.1 Å². The lowest BCUT2D eigenvalue weighted by Gasteiger charge is -2.54. The fourth-order valence-corrected chi connectivity index (χ4v) is 5.39. The quantitative estimate of drug-likeness (QED) is 0.786. The summed E-state index contributed by atoms with van der Waals surface area (Å²) in [6.07, 6.45) is 5.07. The fourth-order valence-electron chi connectivity index (χ4n) is 5.39. The van der Waals surface area contributed by atoms with Crippen LogP contribution < -0.4 is 4.74 Å². The first-order valence-corrected chi connectivity index (χ1v) is 8.53. The van der Waals surface area contributed by atoms with Gasteiger partial charge in [0.2, 0.25) is 0 Å². The van der Waals surface area contributed by atoms with Crippen LogP contribution in [-0.4, -0.2) is 17.0 Å². The third-order valence-electron chi connectivity index (χ3n) is 6.53. The predicted octanol–water partition coefficient (Wildman–Crippen LogP) is 4.04. The number of hydrogen-bond acceptors (Lipinski definition) is 3. The van der Waals surface area contributed by atoms with Crippen molar-refractivity contribution in [2.45, 2.75) is 58.0 Å². The molecule has 0 saturated heterocycles. The van der Waals surface area contributed by atoms with E-state index >= 15 is 0 Å². The Bertz CT molecular complexity index is 623. The maximum Gasteiger partial charge on any atom is 0.139 e. The average Bonchev–Trinajstić information content (AvgIpc) is 2.48. The molecule has 1 aromatic carbocycles. The summed E-state index contributed by atoms with van der Waals surface area (Å²) in [6, 6.07) is 5.51. The van der Waals surface area contributed by atoms with Gasteiger partial charge in [-0.15, -0.1) is 0 Å². The van der Waals surface area contributed by atoms with Crippen LogP contribution in [0.2, 0.25) is 0 Å². The number of phenolic OH excluding ortho intramolecular Hbond substituents is 1. The van der Waals surface area contributed by atoms with E-state index < -0.39 is 0 Å². The minimum atomic E-state index is -0.147. The molecule has 1 N–H and O–H groups in total. The molecule has 4 rings (SSSR count). The van der Waals surface area contributed by atoms with Gasteiger partial charge in [0, 0.05) is 23.8 Å². The Hall–Kier alpha value is -1.51. The van der Waals surface area contributed by atoms with Crippen molar-refractivity contribution in [1.29, 1.82) is 0 Å². The van der Waals surface area contributed by atoms with Crippen LogP contribution in [0.25, 0.3) is 0 Å². The number of ketones is 1. The van der Waals surface area contributed by atoms with Gasteiger partial charge in [0.1, 0.15) is 17.3 Å². The smallest absolute Gasteiger partial charge is 0.139 e. The molecule has 5 atom stereocenters. The second-order valence-electron chi connectivity index (χ2n) is 7.61.